The molecule has 9 heteroatoms. The van der Waals surface area contributed by atoms with Crippen LogP contribution in [0, 0.1) is 5.92 Å². The molecule has 9 nitrogen and oxygen atoms in total. The molecule has 33 heavy (non-hydrogen) atoms. The van der Waals surface area contributed by atoms with Gasteiger partial charge in [0, 0.05) is 18.7 Å². The van der Waals surface area contributed by atoms with Crippen LogP contribution < -0.4 is 10.6 Å². The van der Waals surface area contributed by atoms with Gasteiger partial charge in [-0.25, -0.2) is 4.79 Å². The molecule has 1 aromatic carbocycles. The van der Waals surface area contributed by atoms with E-state index >= 15 is 0 Å². The number of hydrogen-bond donors (Lipinski definition) is 4. The first kappa shape index (κ1) is 28.2. The number of aromatic hydroxyl groups is 1. The Morgan fingerprint density at radius 2 is 1.79 bits per heavy atom. The van der Waals surface area contributed by atoms with Crippen LogP contribution in [-0.4, -0.2) is 64.4 Å². The molecule has 0 saturated carbocycles. The third kappa shape index (κ3) is 8.92. The normalized spacial score (nSPS) is 13.2. The number of benzene rings is 1. The monoisotopic (exact) mass is 465 g/mol. The Morgan fingerprint density at radius 1 is 1.15 bits per heavy atom. The molecule has 186 valence electrons. The summed E-state index contributed by atoms with van der Waals surface area (Å²) in [6.45, 7) is 10.5. The SMILES string of the molecule is CCCCNC(=O)C(c1ccccc1O)N(CCO)C(=O)C(NC(=O)OC(C)(C)C)C(C)C. The second-order valence-corrected chi connectivity index (χ2v) is 9.23. The molecule has 2 atom stereocenters. The maximum atomic E-state index is 13.6. The number of amides is 3. The van der Waals surface area contributed by atoms with Gasteiger partial charge in [0.15, 0.2) is 0 Å². The average molecular weight is 466 g/mol. The number of aliphatic hydroxyl groups is 1. The third-order valence-corrected chi connectivity index (χ3v) is 4.85. The largest absolute Gasteiger partial charge is 0.508 e. The Bertz CT molecular complexity index is 791. The number of alkyl carbamates (subject to hydrolysis) is 1. The third-order valence-electron chi connectivity index (χ3n) is 4.85. The number of aliphatic hydroxyl groups excluding tert-OH is 1. The van der Waals surface area contributed by atoms with Crippen molar-refractivity contribution >= 4 is 17.9 Å². The minimum absolute atomic E-state index is 0.148. The predicted molar refractivity (Wildman–Crippen MR) is 126 cm³/mol. The summed E-state index contributed by atoms with van der Waals surface area (Å²) in [6, 6.07) is 4.06. The number of nitrogens with one attached hydrogen (secondary N) is 2. The van der Waals surface area contributed by atoms with Crippen LogP contribution in [0.4, 0.5) is 4.79 Å². The van der Waals surface area contributed by atoms with E-state index in [4.69, 9.17) is 4.74 Å². The van der Waals surface area contributed by atoms with Crippen LogP contribution in [0.25, 0.3) is 0 Å². The van der Waals surface area contributed by atoms with E-state index in [0.29, 0.717) is 6.54 Å². The molecule has 0 radical (unpaired) electrons. The molecule has 1 rings (SSSR count). The number of phenolic OH excluding ortho intramolecular Hbond substituents is 1. The van der Waals surface area contributed by atoms with E-state index in [1.165, 1.54) is 11.0 Å². The molecule has 4 N–H and O–H groups in total. The van der Waals surface area contributed by atoms with Gasteiger partial charge < -0.3 is 30.5 Å². The van der Waals surface area contributed by atoms with E-state index in [1.807, 2.05) is 6.92 Å². The van der Waals surface area contributed by atoms with Gasteiger partial charge in [-0.15, -0.1) is 0 Å². The standard InChI is InChI=1S/C24H39N3O6/c1-7-8-13-25-21(30)20(17-11-9-10-12-18(17)29)27(14-15-28)22(31)19(16(2)3)26-23(32)33-24(4,5)6/h9-12,16,19-20,28-29H,7-8,13-15H2,1-6H3,(H,25,30)(H,26,32). The van der Waals surface area contributed by atoms with Gasteiger partial charge in [-0.2, -0.15) is 0 Å². The lowest BCUT2D eigenvalue weighted by Gasteiger charge is -2.35. The zero-order valence-electron chi connectivity index (χ0n) is 20.6. The Hall–Kier alpha value is -2.81. The van der Waals surface area contributed by atoms with Crippen molar-refractivity contribution in [3.8, 4) is 5.75 Å². The van der Waals surface area contributed by atoms with Crippen LogP contribution in [0.5, 0.6) is 5.75 Å². The number of nitrogens with zero attached hydrogens (tertiary/aromatic N) is 1. The molecule has 0 spiro atoms. The van der Waals surface area contributed by atoms with Gasteiger partial charge in [-0.3, -0.25) is 9.59 Å². The van der Waals surface area contributed by atoms with Gasteiger partial charge in [0.2, 0.25) is 11.8 Å². The molecule has 0 saturated heterocycles. The first-order chi connectivity index (χ1) is 15.4. The second kappa shape index (κ2) is 13.0. The van der Waals surface area contributed by atoms with Crippen molar-refractivity contribution in [3.05, 3.63) is 29.8 Å². The van der Waals surface area contributed by atoms with E-state index < -0.39 is 42.2 Å². The van der Waals surface area contributed by atoms with Gasteiger partial charge in [0.05, 0.1) is 6.61 Å². The molecule has 0 aliphatic rings. The number of phenols is 1. The van der Waals surface area contributed by atoms with Crippen LogP contribution in [0.15, 0.2) is 24.3 Å². The minimum atomic E-state index is -1.19. The Kier molecular flexibility index (Phi) is 11.1. The summed E-state index contributed by atoms with van der Waals surface area (Å²) in [6.07, 6.45) is 0.864. The van der Waals surface area contributed by atoms with Crippen molar-refractivity contribution in [2.45, 2.75) is 72.1 Å². The maximum absolute atomic E-state index is 13.6. The molecule has 0 aliphatic heterocycles. The topological polar surface area (TPSA) is 128 Å². The van der Waals surface area contributed by atoms with Gasteiger partial charge in [0.1, 0.15) is 23.4 Å². The Morgan fingerprint density at radius 3 is 2.30 bits per heavy atom. The first-order valence-electron chi connectivity index (χ1n) is 11.4. The van der Waals surface area contributed by atoms with Gasteiger partial charge >= 0.3 is 6.09 Å². The zero-order valence-corrected chi connectivity index (χ0v) is 20.6. The molecule has 3 amide bonds. The predicted octanol–water partition coefficient (Wildman–Crippen LogP) is 2.72. The Labute approximate surface area is 196 Å². The van der Waals surface area contributed by atoms with Crippen LogP contribution in [0.3, 0.4) is 0 Å². The van der Waals surface area contributed by atoms with Crippen molar-refractivity contribution in [1.82, 2.24) is 15.5 Å². The zero-order chi connectivity index (χ0) is 25.2. The number of para-hydroxylation sites is 1. The number of hydrogen-bond acceptors (Lipinski definition) is 6. The van der Waals surface area contributed by atoms with Crippen molar-refractivity contribution < 1.29 is 29.3 Å². The fraction of sp³-hybridized carbons (Fsp3) is 0.625. The molecule has 0 bridgehead atoms. The second-order valence-electron chi connectivity index (χ2n) is 9.23. The molecule has 0 aromatic heterocycles. The molecule has 0 aliphatic carbocycles. The summed E-state index contributed by atoms with van der Waals surface area (Å²) < 4.78 is 5.30. The smallest absolute Gasteiger partial charge is 0.408 e. The molecule has 0 fully saturated rings. The number of ether oxygens (including phenoxy) is 1. The average Bonchev–Trinajstić information content (AvgIpc) is 2.71. The number of carbonyl (C=O) groups excluding carboxylic acids is 3. The van der Waals surface area contributed by atoms with Gasteiger partial charge in [0.25, 0.3) is 0 Å². The highest BCUT2D eigenvalue weighted by atomic mass is 16.6. The van der Waals surface area contributed by atoms with Crippen molar-refractivity contribution in [1.29, 1.82) is 0 Å². The highest BCUT2D eigenvalue weighted by molar-refractivity contribution is 5.92. The molecule has 2 unspecified atom stereocenters. The number of rotatable bonds is 11. The molecule has 1 aromatic rings. The quantitative estimate of drug-likeness (QED) is 0.372. The summed E-state index contributed by atoms with van der Waals surface area (Å²) in [7, 11) is 0. The minimum Gasteiger partial charge on any atom is -0.508 e. The summed E-state index contributed by atoms with van der Waals surface area (Å²) in [5.41, 5.74) is -0.523. The van der Waals surface area contributed by atoms with Gasteiger partial charge in [-0.1, -0.05) is 45.4 Å². The van der Waals surface area contributed by atoms with E-state index in [1.54, 1.807) is 52.8 Å². The van der Waals surface area contributed by atoms with Crippen LogP contribution in [0.1, 0.15) is 66.0 Å². The van der Waals surface area contributed by atoms with Crippen molar-refractivity contribution in [2.24, 2.45) is 5.92 Å². The lowest BCUT2D eigenvalue weighted by molar-refractivity contribution is -0.144. The number of unbranched alkanes of at least 4 members (excludes halogenated alkanes) is 1. The lowest BCUT2D eigenvalue weighted by atomic mass is 9.98. The molecular formula is C24H39N3O6. The number of carbonyl (C=O) groups is 3. The van der Waals surface area contributed by atoms with Gasteiger partial charge in [-0.05, 0) is 39.2 Å². The summed E-state index contributed by atoms with van der Waals surface area (Å²) in [5.74, 6) is -1.53. The maximum Gasteiger partial charge on any atom is 0.408 e. The van der Waals surface area contributed by atoms with E-state index in [-0.39, 0.29) is 23.8 Å². The fourth-order valence-electron chi connectivity index (χ4n) is 3.26. The highest BCUT2D eigenvalue weighted by Gasteiger charge is 2.38. The van der Waals surface area contributed by atoms with Crippen molar-refractivity contribution in [2.75, 3.05) is 19.7 Å². The summed E-state index contributed by atoms with van der Waals surface area (Å²) in [5, 5.41) is 25.6. The van der Waals surface area contributed by atoms with Crippen LogP contribution >= 0.6 is 0 Å². The lowest BCUT2D eigenvalue weighted by Crippen LogP contribution is -2.55. The van der Waals surface area contributed by atoms with E-state index in [2.05, 4.69) is 10.6 Å². The molecular weight excluding hydrogens is 426 g/mol. The van der Waals surface area contributed by atoms with E-state index in [0.717, 1.165) is 12.8 Å². The first-order valence-corrected chi connectivity index (χ1v) is 11.4. The van der Waals surface area contributed by atoms with E-state index in [9.17, 15) is 24.6 Å². The highest BCUT2D eigenvalue weighted by Crippen LogP contribution is 2.30. The van der Waals surface area contributed by atoms with Crippen molar-refractivity contribution in [3.63, 3.8) is 0 Å². The summed E-state index contributed by atoms with van der Waals surface area (Å²) >= 11 is 0. The van der Waals surface area contributed by atoms with Crippen LogP contribution in [-0.2, 0) is 14.3 Å². The summed E-state index contributed by atoms with van der Waals surface area (Å²) in [4.78, 5) is 40.4. The van der Waals surface area contributed by atoms with Crippen LogP contribution in [0.2, 0.25) is 0 Å². The molecule has 0 heterocycles. The Balaban J connectivity index is 3.36. The fourth-order valence-corrected chi connectivity index (χ4v) is 3.26.